The first-order chi connectivity index (χ1) is 7.47. The summed E-state index contributed by atoms with van der Waals surface area (Å²) in [4.78, 5) is 0. The molecule has 2 atom stereocenters. The molecule has 2 unspecified atom stereocenters. The molecule has 1 rings (SSSR count). The van der Waals surface area contributed by atoms with Crippen LogP contribution in [0.3, 0.4) is 0 Å². The summed E-state index contributed by atoms with van der Waals surface area (Å²) in [6.45, 7) is 0.565. The van der Waals surface area contributed by atoms with E-state index in [0.29, 0.717) is 6.54 Å². The van der Waals surface area contributed by atoms with Crippen molar-refractivity contribution in [3.63, 3.8) is 0 Å². The van der Waals surface area contributed by atoms with Crippen LogP contribution in [0.1, 0.15) is 25.7 Å². The van der Waals surface area contributed by atoms with Gasteiger partial charge in [0.1, 0.15) is 0 Å². The second-order valence-corrected chi connectivity index (χ2v) is 5.93. The number of hydrogen-bond acceptors (Lipinski definition) is 3. The van der Waals surface area contributed by atoms with Crippen LogP contribution >= 0.6 is 0 Å². The molecule has 96 valence electrons. The van der Waals surface area contributed by atoms with Gasteiger partial charge in [0.05, 0.1) is 0 Å². The maximum Gasteiger partial charge on any atom is 0.350 e. The highest BCUT2D eigenvalue weighted by atomic mass is 32.2. The van der Waals surface area contributed by atoms with Crippen molar-refractivity contribution in [3.8, 4) is 0 Å². The van der Waals surface area contributed by atoms with E-state index in [9.17, 15) is 17.2 Å². The van der Waals surface area contributed by atoms with Gasteiger partial charge >= 0.3 is 5.76 Å². The van der Waals surface area contributed by atoms with Crippen LogP contribution in [0.2, 0.25) is 0 Å². The Kier molecular flexibility index (Phi) is 5.07. The van der Waals surface area contributed by atoms with Gasteiger partial charge in [-0.05, 0) is 31.2 Å². The SMILES string of the molecule is NCC1CCCCC1CNS(=O)(=O)C(F)F. The average Bonchev–Trinajstić information content (AvgIpc) is 2.26. The molecular formula is C9H18F2N2O2S. The lowest BCUT2D eigenvalue weighted by atomic mass is 9.79. The number of sulfonamides is 1. The summed E-state index contributed by atoms with van der Waals surface area (Å²) < 4.78 is 47.9. The van der Waals surface area contributed by atoms with Crippen LogP contribution in [-0.2, 0) is 10.0 Å². The van der Waals surface area contributed by atoms with Gasteiger partial charge < -0.3 is 5.73 Å². The molecular weight excluding hydrogens is 238 g/mol. The molecule has 0 heterocycles. The van der Waals surface area contributed by atoms with E-state index in [4.69, 9.17) is 5.73 Å². The smallest absolute Gasteiger partial charge is 0.330 e. The fourth-order valence-electron chi connectivity index (χ4n) is 2.15. The van der Waals surface area contributed by atoms with Gasteiger partial charge in [-0.25, -0.2) is 13.1 Å². The highest BCUT2D eigenvalue weighted by Gasteiger charge is 2.28. The predicted molar refractivity (Wildman–Crippen MR) is 57.4 cm³/mol. The number of nitrogens with one attached hydrogen (secondary N) is 1. The lowest BCUT2D eigenvalue weighted by Crippen LogP contribution is -2.38. The zero-order valence-electron chi connectivity index (χ0n) is 9.03. The summed E-state index contributed by atoms with van der Waals surface area (Å²) >= 11 is 0. The average molecular weight is 256 g/mol. The summed E-state index contributed by atoms with van der Waals surface area (Å²) in [6, 6.07) is 0. The summed E-state index contributed by atoms with van der Waals surface area (Å²) in [5, 5.41) is 0. The molecule has 0 radical (unpaired) electrons. The first-order valence-electron chi connectivity index (χ1n) is 5.44. The van der Waals surface area contributed by atoms with Gasteiger partial charge in [-0.2, -0.15) is 8.78 Å². The molecule has 1 saturated carbocycles. The third-order valence-corrected chi connectivity index (χ3v) is 4.19. The van der Waals surface area contributed by atoms with E-state index in [1.807, 2.05) is 4.72 Å². The number of nitrogens with two attached hydrogens (primary N) is 1. The standard InChI is InChI=1S/C9H18F2N2O2S/c10-9(11)16(14,15)13-6-8-4-2-1-3-7(8)5-12/h7-9,13H,1-6,12H2. The van der Waals surface area contributed by atoms with Gasteiger partial charge in [0, 0.05) is 6.54 Å². The van der Waals surface area contributed by atoms with Crippen molar-refractivity contribution in [2.24, 2.45) is 17.6 Å². The number of alkyl halides is 2. The number of hydrogen-bond donors (Lipinski definition) is 2. The Hall–Kier alpha value is -0.270. The van der Waals surface area contributed by atoms with Crippen molar-refractivity contribution in [3.05, 3.63) is 0 Å². The molecule has 0 saturated heterocycles. The molecule has 3 N–H and O–H groups in total. The maximum absolute atomic E-state index is 12.1. The molecule has 7 heteroatoms. The van der Waals surface area contributed by atoms with Crippen molar-refractivity contribution in [1.29, 1.82) is 0 Å². The molecule has 1 aliphatic rings. The molecule has 16 heavy (non-hydrogen) atoms. The quantitative estimate of drug-likeness (QED) is 0.767. The molecule has 0 aromatic carbocycles. The second-order valence-electron chi connectivity index (χ2n) is 4.19. The van der Waals surface area contributed by atoms with Gasteiger partial charge in [-0.3, -0.25) is 0 Å². The van der Waals surface area contributed by atoms with E-state index in [1.165, 1.54) is 0 Å². The van der Waals surface area contributed by atoms with Gasteiger partial charge in [-0.15, -0.1) is 0 Å². The van der Waals surface area contributed by atoms with Gasteiger partial charge in [0.2, 0.25) is 0 Å². The van der Waals surface area contributed by atoms with E-state index in [1.54, 1.807) is 0 Å². The van der Waals surface area contributed by atoms with E-state index < -0.39 is 15.8 Å². The fourth-order valence-corrected chi connectivity index (χ4v) is 2.72. The first kappa shape index (κ1) is 13.8. The Morgan fingerprint density at radius 3 is 2.31 bits per heavy atom. The van der Waals surface area contributed by atoms with Crippen LogP contribution in [-0.4, -0.2) is 27.3 Å². The summed E-state index contributed by atoms with van der Waals surface area (Å²) in [5.41, 5.74) is 5.57. The van der Waals surface area contributed by atoms with Crippen molar-refractivity contribution in [2.45, 2.75) is 31.4 Å². The van der Waals surface area contributed by atoms with Gasteiger partial charge in [-0.1, -0.05) is 12.8 Å². The Labute approximate surface area is 94.6 Å². The highest BCUT2D eigenvalue weighted by molar-refractivity contribution is 7.89. The Morgan fingerprint density at radius 1 is 1.25 bits per heavy atom. The molecule has 4 nitrogen and oxygen atoms in total. The lowest BCUT2D eigenvalue weighted by molar-refractivity contribution is 0.224. The van der Waals surface area contributed by atoms with E-state index in [0.717, 1.165) is 25.7 Å². The van der Waals surface area contributed by atoms with Crippen LogP contribution in [0.25, 0.3) is 0 Å². The van der Waals surface area contributed by atoms with Crippen LogP contribution in [0.15, 0.2) is 0 Å². The van der Waals surface area contributed by atoms with E-state index in [2.05, 4.69) is 0 Å². The van der Waals surface area contributed by atoms with Gasteiger partial charge in [0.25, 0.3) is 10.0 Å². The maximum atomic E-state index is 12.1. The summed E-state index contributed by atoms with van der Waals surface area (Å²) in [5.74, 6) is -3.02. The molecule has 0 aromatic heterocycles. The molecule has 1 fully saturated rings. The van der Waals surface area contributed by atoms with Crippen LogP contribution in [0.4, 0.5) is 8.78 Å². The number of halogens is 2. The minimum atomic E-state index is -4.45. The predicted octanol–water partition coefficient (Wildman–Crippen LogP) is 0.894. The number of rotatable bonds is 5. The lowest BCUT2D eigenvalue weighted by Gasteiger charge is -2.30. The van der Waals surface area contributed by atoms with Crippen molar-refractivity contribution >= 4 is 10.0 Å². The third-order valence-electron chi connectivity index (χ3n) is 3.15. The Morgan fingerprint density at radius 2 is 1.81 bits per heavy atom. The molecule has 0 amide bonds. The third kappa shape index (κ3) is 3.64. The van der Waals surface area contributed by atoms with Crippen LogP contribution in [0.5, 0.6) is 0 Å². The first-order valence-corrected chi connectivity index (χ1v) is 6.98. The minimum Gasteiger partial charge on any atom is -0.330 e. The summed E-state index contributed by atoms with van der Waals surface area (Å²) in [7, 11) is -4.45. The molecule has 0 spiro atoms. The van der Waals surface area contributed by atoms with Crippen LogP contribution in [0, 0.1) is 11.8 Å². The largest absolute Gasteiger partial charge is 0.350 e. The van der Waals surface area contributed by atoms with Crippen molar-refractivity contribution in [1.82, 2.24) is 4.72 Å². The highest BCUT2D eigenvalue weighted by Crippen LogP contribution is 2.28. The molecule has 0 bridgehead atoms. The van der Waals surface area contributed by atoms with Crippen molar-refractivity contribution < 1.29 is 17.2 Å². The molecule has 0 aromatic rings. The molecule has 0 aliphatic heterocycles. The normalized spacial score (nSPS) is 27.2. The van der Waals surface area contributed by atoms with E-state index >= 15 is 0 Å². The Bertz CT molecular complexity index is 309. The second kappa shape index (κ2) is 5.88. The summed E-state index contributed by atoms with van der Waals surface area (Å²) in [6.07, 6.45) is 3.91. The van der Waals surface area contributed by atoms with Crippen molar-refractivity contribution in [2.75, 3.05) is 13.1 Å². The zero-order chi connectivity index (χ0) is 12.2. The topological polar surface area (TPSA) is 72.2 Å². The van der Waals surface area contributed by atoms with Crippen LogP contribution < -0.4 is 10.5 Å². The monoisotopic (exact) mass is 256 g/mol. The minimum absolute atomic E-state index is 0.0779. The van der Waals surface area contributed by atoms with E-state index in [-0.39, 0.29) is 18.4 Å². The Balaban J connectivity index is 2.47. The van der Waals surface area contributed by atoms with Gasteiger partial charge in [0.15, 0.2) is 0 Å². The molecule has 1 aliphatic carbocycles. The fraction of sp³-hybridized carbons (Fsp3) is 1.00. The zero-order valence-corrected chi connectivity index (χ0v) is 9.85.